The van der Waals surface area contributed by atoms with Crippen molar-refractivity contribution < 1.29 is 4.74 Å². The molecule has 0 aliphatic carbocycles. The molecule has 1 saturated heterocycles. The van der Waals surface area contributed by atoms with Crippen LogP contribution in [0.25, 0.3) is 22.0 Å². The second-order valence-corrected chi connectivity index (χ2v) is 6.77. The lowest BCUT2D eigenvalue weighted by atomic mass is 10.0. The molecule has 2 aromatic carbocycles. The van der Waals surface area contributed by atoms with E-state index in [2.05, 4.69) is 32.5 Å². The van der Waals surface area contributed by atoms with Crippen molar-refractivity contribution in [1.29, 1.82) is 0 Å². The van der Waals surface area contributed by atoms with Gasteiger partial charge in [0.15, 0.2) is 5.82 Å². The zero-order valence-electron chi connectivity index (χ0n) is 14.5. The van der Waals surface area contributed by atoms with Crippen LogP contribution < -0.4 is 5.32 Å². The summed E-state index contributed by atoms with van der Waals surface area (Å²) in [4.78, 5) is 2.40. The van der Waals surface area contributed by atoms with Crippen LogP contribution in [0.4, 0.5) is 5.82 Å². The van der Waals surface area contributed by atoms with Crippen molar-refractivity contribution >= 4 is 28.2 Å². The molecule has 5 nitrogen and oxygen atoms in total. The highest BCUT2D eigenvalue weighted by Crippen LogP contribution is 2.30. The molecule has 1 aliphatic rings. The predicted molar refractivity (Wildman–Crippen MR) is 106 cm³/mol. The fourth-order valence-electron chi connectivity index (χ4n) is 3.21. The highest BCUT2D eigenvalue weighted by Gasteiger charge is 2.12. The van der Waals surface area contributed by atoms with Gasteiger partial charge in [-0.25, -0.2) is 0 Å². The molecular weight excluding hydrogens is 348 g/mol. The molecule has 1 fully saturated rings. The molecule has 6 heteroatoms. The van der Waals surface area contributed by atoms with Gasteiger partial charge in [0.05, 0.1) is 13.2 Å². The second kappa shape index (κ2) is 7.99. The number of benzene rings is 2. The summed E-state index contributed by atoms with van der Waals surface area (Å²) in [5.74, 6) is 0.826. The molecule has 1 N–H and O–H groups in total. The Balaban J connectivity index is 1.56. The van der Waals surface area contributed by atoms with E-state index in [9.17, 15) is 0 Å². The molecule has 0 radical (unpaired) electrons. The van der Waals surface area contributed by atoms with Gasteiger partial charge in [0.25, 0.3) is 0 Å². The smallest absolute Gasteiger partial charge is 0.156 e. The Bertz CT molecular complexity index is 879. The van der Waals surface area contributed by atoms with Gasteiger partial charge in [0.2, 0.25) is 0 Å². The van der Waals surface area contributed by atoms with Gasteiger partial charge in [-0.15, -0.1) is 10.2 Å². The lowest BCUT2D eigenvalue weighted by Gasteiger charge is -2.26. The summed E-state index contributed by atoms with van der Waals surface area (Å²) in [6.45, 7) is 5.42. The van der Waals surface area contributed by atoms with Crippen LogP contribution in [-0.4, -0.2) is 54.5 Å². The van der Waals surface area contributed by atoms with Crippen LogP contribution in [0.5, 0.6) is 0 Å². The monoisotopic (exact) mass is 368 g/mol. The number of nitrogens with one attached hydrogen (secondary N) is 1. The van der Waals surface area contributed by atoms with Crippen molar-refractivity contribution in [2.75, 3.05) is 44.7 Å². The molecule has 0 amide bonds. The number of nitrogens with zero attached hydrogens (tertiary/aromatic N) is 3. The Hall–Kier alpha value is -2.21. The quantitative estimate of drug-likeness (QED) is 0.744. The van der Waals surface area contributed by atoms with Crippen LogP contribution in [-0.2, 0) is 4.74 Å². The summed E-state index contributed by atoms with van der Waals surface area (Å²) in [5.41, 5.74) is 1.88. The van der Waals surface area contributed by atoms with E-state index in [0.717, 1.165) is 67.2 Å². The van der Waals surface area contributed by atoms with E-state index in [1.165, 1.54) is 0 Å². The molecule has 0 bridgehead atoms. The summed E-state index contributed by atoms with van der Waals surface area (Å²) in [7, 11) is 0. The van der Waals surface area contributed by atoms with E-state index in [-0.39, 0.29) is 0 Å². The highest BCUT2D eigenvalue weighted by atomic mass is 35.5. The molecule has 4 rings (SSSR count). The van der Waals surface area contributed by atoms with Gasteiger partial charge in [0, 0.05) is 47.5 Å². The van der Waals surface area contributed by atoms with Crippen LogP contribution in [0, 0.1) is 0 Å². The average Bonchev–Trinajstić information content (AvgIpc) is 2.70. The predicted octanol–water partition coefficient (Wildman–Crippen LogP) is 3.69. The van der Waals surface area contributed by atoms with Crippen LogP contribution in [0.3, 0.4) is 0 Å². The Labute approximate surface area is 157 Å². The van der Waals surface area contributed by atoms with Crippen molar-refractivity contribution in [2.45, 2.75) is 0 Å². The molecule has 26 heavy (non-hydrogen) atoms. The number of ether oxygens (including phenoxy) is 1. The Morgan fingerprint density at radius 2 is 1.69 bits per heavy atom. The lowest BCUT2D eigenvalue weighted by molar-refractivity contribution is 0.0398. The molecule has 3 aromatic rings. The van der Waals surface area contributed by atoms with E-state index in [0.29, 0.717) is 5.02 Å². The zero-order valence-corrected chi connectivity index (χ0v) is 15.2. The van der Waals surface area contributed by atoms with Gasteiger partial charge in [-0.2, -0.15) is 0 Å². The lowest BCUT2D eigenvalue weighted by Crippen LogP contribution is -2.39. The summed E-state index contributed by atoms with van der Waals surface area (Å²) in [6, 6.07) is 15.9. The van der Waals surface area contributed by atoms with Crippen LogP contribution in [0.2, 0.25) is 5.02 Å². The van der Waals surface area contributed by atoms with Gasteiger partial charge in [-0.1, -0.05) is 48.0 Å². The number of halogens is 1. The van der Waals surface area contributed by atoms with E-state index in [1.807, 2.05) is 36.4 Å². The molecule has 0 saturated carbocycles. The summed E-state index contributed by atoms with van der Waals surface area (Å²) >= 11 is 6.01. The highest BCUT2D eigenvalue weighted by molar-refractivity contribution is 6.30. The fraction of sp³-hybridized carbons (Fsp3) is 0.300. The molecular formula is C20H21ClN4O. The van der Waals surface area contributed by atoms with E-state index in [1.54, 1.807) is 0 Å². The summed E-state index contributed by atoms with van der Waals surface area (Å²) < 4.78 is 5.39. The third-order valence-corrected chi connectivity index (χ3v) is 4.88. The molecule has 0 unspecified atom stereocenters. The minimum absolute atomic E-state index is 0.715. The first-order valence-electron chi connectivity index (χ1n) is 8.86. The first kappa shape index (κ1) is 17.2. The van der Waals surface area contributed by atoms with Crippen molar-refractivity contribution in [1.82, 2.24) is 15.1 Å². The molecule has 0 spiro atoms. The zero-order chi connectivity index (χ0) is 17.8. The first-order valence-corrected chi connectivity index (χ1v) is 9.24. The van der Waals surface area contributed by atoms with Crippen molar-refractivity contribution in [2.24, 2.45) is 0 Å². The number of anilines is 1. The maximum absolute atomic E-state index is 6.01. The van der Waals surface area contributed by atoms with E-state index >= 15 is 0 Å². The summed E-state index contributed by atoms with van der Waals surface area (Å²) in [5, 5.41) is 15.3. The minimum atomic E-state index is 0.715. The SMILES string of the molecule is Clc1ccc(-c2nnc(NCCN3CCOCC3)c3ccccc23)cc1. The molecule has 2 heterocycles. The number of hydrogen-bond acceptors (Lipinski definition) is 5. The van der Waals surface area contributed by atoms with E-state index < -0.39 is 0 Å². The Morgan fingerprint density at radius 3 is 2.46 bits per heavy atom. The fourth-order valence-corrected chi connectivity index (χ4v) is 3.34. The maximum Gasteiger partial charge on any atom is 0.156 e. The number of morpholine rings is 1. The third kappa shape index (κ3) is 3.80. The first-order chi connectivity index (χ1) is 12.8. The van der Waals surface area contributed by atoms with Gasteiger partial charge < -0.3 is 10.1 Å². The average molecular weight is 369 g/mol. The molecule has 134 valence electrons. The second-order valence-electron chi connectivity index (χ2n) is 6.33. The van der Waals surface area contributed by atoms with Gasteiger partial charge in [0.1, 0.15) is 5.69 Å². The number of rotatable bonds is 5. The largest absolute Gasteiger partial charge is 0.379 e. The topological polar surface area (TPSA) is 50.3 Å². The molecule has 0 atom stereocenters. The Morgan fingerprint density at radius 1 is 0.962 bits per heavy atom. The standard InChI is InChI=1S/C20H21ClN4O/c21-16-7-5-15(6-8-16)19-17-3-1-2-4-18(17)20(24-23-19)22-9-10-25-11-13-26-14-12-25/h1-8H,9-14H2,(H,22,24). The summed E-state index contributed by atoms with van der Waals surface area (Å²) in [6.07, 6.45) is 0. The van der Waals surface area contributed by atoms with Crippen LogP contribution in [0.15, 0.2) is 48.5 Å². The van der Waals surface area contributed by atoms with Crippen molar-refractivity contribution in [3.63, 3.8) is 0 Å². The van der Waals surface area contributed by atoms with Crippen molar-refractivity contribution in [3.8, 4) is 11.3 Å². The number of fused-ring (bicyclic) bond motifs is 1. The molecule has 1 aliphatic heterocycles. The normalized spacial score (nSPS) is 15.3. The van der Waals surface area contributed by atoms with Crippen LogP contribution >= 0.6 is 11.6 Å². The maximum atomic E-state index is 6.01. The number of aromatic nitrogens is 2. The van der Waals surface area contributed by atoms with Gasteiger partial charge >= 0.3 is 0 Å². The van der Waals surface area contributed by atoms with E-state index in [4.69, 9.17) is 16.3 Å². The minimum Gasteiger partial charge on any atom is -0.379 e. The molecule has 1 aromatic heterocycles. The van der Waals surface area contributed by atoms with Crippen molar-refractivity contribution in [3.05, 3.63) is 53.6 Å². The third-order valence-electron chi connectivity index (χ3n) is 4.63. The van der Waals surface area contributed by atoms with Gasteiger partial charge in [-0.3, -0.25) is 4.90 Å². The van der Waals surface area contributed by atoms with Gasteiger partial charge in [-0.05, 0) is 12.1 Å². The van der Waals surface area contributed by atoms with Crippen LogP contribution in [0.1, 0.15) is 0 Å². The Kier molecular flexibility index (Phi) is 5.29. The number of hydrogen-bond donors (Lipinski definition) is 1.